The van der Waals surface area contributed by atoms with E-state index in [2.05, 4.69) is 23.8 Å². The summed E-state index contributed by atoms with van der Waals surface area (Å²) in [6.45, 7) is 1.67. The van der Waals surface area contributed by atoms with E-state index in [0.717, 1.165) is 0 Å². The van der Waals surface area contributed by atoms with Gasteiger partial charge in [0, 0.05) is 0 Å². The van der Waals surface area contributed by atoms with Gasteiger partial charge in [-0.15, -0.1) is 0 Å². The molecule has 0 aliphatic carbocycles. The maximum atomic E-state index is 5.26. The quantitative estimate of drug-likeness (QED) is 0.479. The number of nitrogens with two attached hydrogens (primary N) is 1. The van der Waals surface area contributed by atoms with Crippen molar-refractivity contribution in [2.75, 3.05) is 20.1 Å². The zero-order valence-electron chi connectivity index (χ0n) is 6.43. The van der Waals surface area contributed by atoms with Gasteiger partial charge in [-0.25, -0.2) is 0 Å². The minimum Gasteiger partial charge on any atom is -0.320 e. The molecule has 1 rings (SSSR count). The molecule has 0 aromatic rings. The Morgan fingerprint density at radius 1 is 1.70 bits per heavy atom. The molecule has 0 bridgehead atoms. The second-order valence-corrected chi connectivity index (χ2v) is 2.66. The van der Waals surface area contributed by atoms with Gasteiger partial charge in [0.05, 0.1) is 12.6 Å². The highest BCUT2D eigenvalue weighted by Crippen LogP contribution is 2.12. The average Bonchev–Trinajstić information content (AvgIpc) is 2.31. The van der Waals surface area contributed by atoms with Gasteiger partial charge in [0.1, 0.15) is 0 Å². The molecule has 1 atom stereocenters. The summed E-state index contributed by atoms with van der Waals surface area (Å²) < 4.78 is 0. The lowest BCUT2D eigenvalue weighted by Gasteiger charge is -2.11. The first kappa shape index (κ1) is 7.59. The van der Waals surface area contributed by atoms with Crippen molar-refractivity contribution in [2.24, 2.45) is 5.73 Å². The van der Waals surface area contributed by atoms with Gasteiger partial charge in [0.15, 0.2) is 0 Å². The van der Waals surface area contributed by atoms with Gasteiger partial charge >= 0.3 is 0 Å². The molecule has 1 heterocycles. The van der Waals surface area contributed by atoms with Crippen LogP contribution in [0.4, 0.5) is 0 Å². The molecule has 2 N–H and O–H groups in total. The Labute approximate surface area is 62.4 Å². The zero-order valence-corrected chi connectivity index (χ0v) is 6.43. The van der Waals surface area contributed by atoms with E-state index < -0.39 is 0 Å². The van der Waals surface area contributed by atoms with Crippen LogP contribution in [0.2, 0.25) is 0 Å². The van der Waals surface area contributed by atoms with Gasteiger partial charge in [-0.2, -0.15) is 0 Å². The number of rotatable bonds is 0. The largest absolute Gasteiger partial charge is 0.320 e. The molecule has 0 amide bonds. The summed E-state index contributed by atoms with van der Waals surface area (Å²) in [5.74, 6) is 6.04. The first-order chi connectivity index (χ1) is 4.84. The summed E-state index contributed by atoms with van der Waals surface area (Å²) in [4.78, 5) is 2.28. The second kappa shape index (κ2) is 3.60. The SMILES string of the molecule is CN1CCCC1C#CCN. The normalized spacial score (nSPS) is 26.0. The summed E-state index contributed by atoms with van der Waals surface area (Å²) >= 11 is 0. The lowest BCUT2D eigenvalue weighted by Crippen LogP contribution is -2.23. The second-order valence-electron chi connectivity index (χ2n) is 2.66. The highest BCUT2D eigenvalue weighted by Gasteiger charge is 2.17. The number of hydrogen-bond donors (Lipinski definition) is 1. The van der Waals surface area contributed by atoms with Crippen LogP contribution in [-0.4, -0.2) is 31.1 Å². The van der Waals surface area contributed by atoms with Crippen LogP contribution < -0.4 is 5.73 Å². The molecule has 2 heteroatoms. The van der Waals surface area contributed by atoms with E-state index in [4.69, 9.17) is 5.73 Å². The Kier molecular flexibility index (Phi) is 2.73. The third kappa shape index (κ3) is 1.73. The van der Waals surface area contributed by atoms with Crippen molar-refractivity contribution in [1.82, 2.24) is 4.90 Å². The van der Waals surface area contributed by atoms with Crippen molar-refractivity contribution in [3.05, 3.63) is 0 Å². The first-order valence-corrected chi connectivity index (χ1v) is 3.73. The highest BCUT2D eigenvalue weighted by atomic mass is 15.1. The molecule has 1 saturated heterocycles. The predicted molar refractivity (Wildman–Crippen MR) is 42.5 cm³/mol. The van der Waals surface area contributed by atoms with Crippen LogP contribution in [-0.2, 0) is 0 Å². The maximum absolute atomic E-state index is 5.26. The van der Waals surface area contributed by atoms with E-state index >= 15 is 0 Å². The Morgan fingerprint density at radius 3 is 3.00 bits per heavy atom. The van der Waals surface area contributed by atoms with Gasteiger partial charge in [-0.05, 0) is 26.4 Å². The topological polar surface area (TPSA) is 29.3 Å². The minimum absolute atomic E-state index is 0.476. The van der Waals surface area contributed by atoms with Crippen molar-refractivity contribution >= 4 is 0 Å². The standard InChI is InChI=1S/C8H14N2/c1-10-7-3-5-8(10)4-2-6-9/h8H,3,5-7,9H2,1H3. The van der Waals surface area contributed by atoms with Gasteiger partial charge in [0.25, 0.3) is 0 Å². The van der Waals surface area contributed by atoms with E-state index in [1.807, 2.05) is 0 Å². The van der Waals surface area contributed by atoms with E-state index in [0.29, 0.717) is 12.6 Å². The fourth-order valence-corrected chi connectivity index (χ4v) is 1.27. The molecule has 0 saturated carbocycles. The Hall–Kier alpha value is -0.520. The summed E-state index contributed by atoms with van der Waals surface area (Å²) in [7, 11) is 2.11. The van der Waals surface area contributed by atoms with Gasteiger partial charge < -0.3 is 5.73 Å². The van der Waals surface area contributed by atoms with Crippen LogP contribution >= 0.6 is 0 Å². The highest BCUT2D eigenvalue weighted by molar-refractivity contribution is 5.10. The van der Waals surface area contributed by atoms with Crippen molar-refractivity contribution in [1.29, 1.82) is 0 Å². The Bertz CT molecular complexity index is 154. The predicted octanol–water partition coefficient (Wildman–Crippen LogP) is 0.0427. The van der Waals surface area contributed by atoms with E-state index in [1.54, 1.807) is 0 Å². The van der Waals surface area contributed by atoms with E-state index in [1.165, 1.54) is 19.4 Å². The Morgan fingerprint density at radius 2 is 2.50 bits per heavy atom. The molecule has 0 radical (unpaired) electrons. The van der Waals surface area contributed by atoms with Gasteiger partial charge in [0.2, 0.25) is 0 Å². The van der Waals surface area contributed by atoms with E-state index in [9.17, 15) is 0 Å². The summed E-state index contributed by atoms with van der Waals surface area (Å²) in [6, 6.07) is 0.476. The van der Waals surface area contributed by atoms with Crippen LogP contribution in [0.25, 0.3) is 0 Å². The molecule has 10 heavy (non-hydrogen) atoms. The summed E-state index contributed by atoms with van der Waals surface area (Å²) in [5, 5.41) is 0. The number of hydrogen-bond acceptors (Lipinski definition) is 2. The van der Waals surface area contributed by atoms with Crippen molar-refractivity contribution in [2.45, 2.75) is 18.9 Å². The maximum Gasteiger partial charge on any atom is 0.0713 e. The molecular weight excluding hydrogens is 124 g/mol. The van der Waals surface area contributed by atoms with Crippen LogP contribution in [0.1, 0.15) is 12.8 Å². The molecule has 2 nitrogen and oxygen atoms in total. The molecular formula is C8H14N2. The van der Waals surface area contributed by atoms with Crippen LogP contribution in [0.15, 0.2) is 0 Å². The van der Waals surface area contributed by atoms with Crippen molar-refractivity contribution < 1.29 is 0 Å². The molecule has 56 valence electrons. The average molecular weight is 138 g/mol. The molecule has 0 aromatic heterocycles. The minimum atomic E-state index is 0.476. The number of nitrogens with zero attached hydrogens (tertiary/aromatic N) is 1. The van der Waals surface area contributed by atoms with Crippen molar-refractivity contribution in [3.63, 3.8) is 0 Å². The van der Waals surface area contributed by atoms with Crippen LogP contribution in [0, 0.1) is 11.8 Å². The lowest BCUT2D eigenvalue weighted by atomic mass is 10.2. The molecule has 1 fully saturated rings. The van der Waals surface area contributed by atoms with Gasteiger partial charge in [-0.3, -0.25) is 4.90 Å². The van der Waals surface area contributed by atoms with E-state index in [-0.39, 0.29) is 0 Å². The smallest absolute Gasteiger partial charge is 0.0713 e. The van der Waals surface area contributed by atoms with Crippen LogP contribution in [0.5, 0.6) is 0 Å². The first-order valence-electron chi connectivity index (χ1n) is 3.73. The third-order valence-electron chi connectivity index (χ3n) is 1.89. The fourth-order valence-electron chi connectivity index (χ4n) is 1.27. The van der Waals surface area contributed by atoms with Crippen molar-refractivity contribution in [3.8, 4) is 11.8 Å². The molecule has 0 spiro atoms. The third-order valence-corrected chi connectivity index (χ3v) is 1.89. The lowest BCUT2D eigenvalue weighted by molar-refractivity contribution is 0.365. The number of likely N-dealkylation sites (tertiary alicyclic amines) is 1. The molecule has 1 unspecified atom stereocenters. The summed E-state index contributed by atoms with van der Waals surface area (Å²) in [6.07, 6.45) is 2.49. The fraction of sp³-hybridized carbons (Fsp3) is 0.750. The molecule has 1 aliphatic rings. The Balaban J connectivity index is 2.40. The summed E-state index contributed by atoms with van der Waals surface area (Å²) in [5.41, 5.74) is 5.26. The zero-order chi connectivity index (χ0) is 7.40. The molecule has 0 aromatic carbocycles. The van der Waals surface area contributed by atoms with Gasteiger partial charge in [-0.1, -0.05) is 11.8 Å². The van der Waals surface area contributed by atoms with Crippen LogP contribution in [0.3, 0.4) is 0 Å². The molecule has 1 aliphatic heterocycles. The monoisotopic (exact) mass is 138 g/mol.